The molecule has 1 aliphatic heterocycles. The lowest BCUT2D eigenvalue weighted by Gasteiger charge is -2.36. The second-order valence-corrected chi connectivity index (χ2v) is 9.54. The molecule has 0 bridgehead atoms. The van der Waals surface area contributed by atoms with E-state index in [1.165, 1.54) is 27.8 Å². The van der Waals surface area contributed by atoms with E-state index in [0.29, 0.717) is 13.2 Å². The van der Waals surface area contributed by atoms with Gasteiger partial charge in [0.25, 0.3) is 0 Å². The molecule has 34 heavy (non-hydrogen) atoms. The maximum atomic E-state index is 6.11. The summed E-state index contributed by atoms with van der Waals surface area (Å²) in [4.78, 5) is 9.56. The Morgan fingerprint density at radius 1 is 0.853 bits per heavy atom. The fraction of sp³-hybridized carbons (Fsp3) is 0.414. The molecule has 1 aromatic heterocycles. The van der Waals surface area contributed by atoms with Gasteiger partial charge in [0.2, 0.25) is 0 Å². The van der Waals surface area contributed by atoms with Gasteiger partial charge in [0.15, 0.2) is 0 Å². The number of pyridine rings is 1. The van der Waals surface area contributed by atoms with E-state index in [4.69, 9.17) is 9.47 Å². The molecule has 3 aromatic rings. The van der Waals surface area contributed by atoms with Crippen molar-refractivity contribution in [2.24, 2.45) is 0 Å². The van der Waals surface area contributed by atoms with E-state index in [0.717, 1.165) is 44.3 Å². The Bertz CT molecular complexity index is 1050. The highest BCUT2D eigenvalue weighted by atomic mass is 16.5. The Kier molecular flexibility index (Phi) is 8.20. The van der Waals surface area contributed by atoms with Gasteiger partial charge >= 0.3 is 0 Å². The van der Waals surface area contributed by atoms with E-state index in [2.05, 4.69) is 84.9 Å². The quantitative estimate of drug-likeness (QED) is 0.421. The molecule has 2 heterocycles. The summed E-state index contributed by atoms with van der Waals surface area (Å²) in [6, 6.07) is 19.2. The predicted molar refractivity (Wildman–Crippen MR) is 138 cm³/mol. The number of rotatable bonds is 9. The number of aryl methyl sites for hydroxylation is 2. The maximum absolute atomic E-state index is 6.11. The van der Waals surface area contributed by atoms with Crippen molar-refractivity contribution < 1.29 is 9.47 Å². The molecule has 0 N–H and O–H groups in total. The minimum atomic E-state index is 0.213. The molecule has 1 aliphatic rings. The number of hydrogen-bond acceptors (Lipinski definition) is 5. The molecule has 180 valence electrons. The number of hydrogen-bond donors (Lipinski definition) is 0. The highest BCUT2D eigenvalue weighted by Gasteiger charge is 2.20. The lowest BCUT2D eigenvalue weighted by atomic mass is 10.1. The van der Waals surface area contributed by atoms with Gasteiger partial charge < -0.3 is 14.4 Å². The zero-order valence-corrected chi connectivity index (χ0v) is 21.0. The van der Waals surface area contributed by atoms with Crippen molar-refractivity contribution >= 4 is 5.82 Å². The van der Waals surface area contributed by atoms with E-state index in [1.54, 1.807) is 0 Å². The minimum absolute atomic E-state index is 0.213. The first kappa shape index (κ1) is 24.2. The molecule has 0 unspecified atom stereocenters. The van der Waals surface area contributed by atoms with Crippen LogP contribution in [0.15, 0.2) is 60.8 Å². The van der Waals surface area contributed by atoms with E-state index < -0.39 is 0 Å². The zero-order valence-electron chi connectivity index (χ0n) is 21.0. The summed E-state index contributed by atoms with van der Waals surface area (Å²) in [6.45, 7) is 14.5. The van der Waals surface area contributed by atoms with Crippen LogP contribution in [0.3, 0.4) is 0 Å². The third-order valence-corrected chi connectivity index (χ3v) is 6.10. The third kappa shape index (κ3) is 6.81. The van der Waals surface area contributed by atoms with Crippen molar-refractivity contribution in [3.8, 4) is 5.75 Å². The van der Waals surface area contributed by atoms with Gasteiger partial charge in [0, 0.05) is 44.5 Å². The monoisotopic (exact) mass is 459 g/mol. The molecular weight excluding hydrogens is 422 g/mol. The number of ether oxygens (including phenoxy) is 2. The summed E-state index contributed by atoms with van der Waals surface area (Å²) in [6.07, 6.45) is 2.09. The molecular formula is C29H37N3O2. The van der Waals surface area contributed by atoms with Crippen LogP contribution in [0.5, 0.6) is 5.75 Å². The summed E-state index contributed by atoms with van der Waals surface area (Å²) >= 11 is 0. The van der Waals surface area contributed by atoms with Crippen molar-refractivity contribution in [3.63, 3.8) is 0 Å². The molecule has 0 aliphatic carbocycles. The van der Waals surface area contributed by atoms with E-state index in [9.17, 15) is 0 Å². The van der Waals surface area contributed by atoms with Crippen molar-refractivity contribution in [2.75, 3.05) is 31.1 Å². The maximum Gasteiger partial charge on any atom is 0.134 e. The van der Waals surface area contributed by atoms with Gasteiger partial charge in [-0.3, -0.25) is 4.90 Å². The average Bonchev–Trinajstić information content (AvgIpc) is 2.82. The molecule has 0 radical (unpaired) electrons. The summed E-state index contributed by atoms with van der Waals surface area (Å²) < 4.78 is 12.0. The average molecular weight is 460 g/mol. The van der Waals surface area contributed by atoms with Crippen LogP contribution in [0, 0.1) is 13.8 Å². The molecule has 5 nitrogen and oxygen atoms in total. The highest BCUT2D eigenvalue weighted by Crippen LogP contribution is 2.22. The van der Waals surface area contributed by atoms with Gasteiger partial charge in [-0.05, 0) is 57.0 Å². The Morgan fingerprint density at radius 3 is 2.35 bits per heavy atom. The number of benzene rings is 2. The van der Waals surface area contributed by atoms with Gasteiger partial charge in [-0.25, -0.2) is 4.98 Å². The Morgan fingerprint density at radius 2 is 1.62 bits per heavy atom. The van der Waals surface area contributed by atoms with Crippen LogP contribution < -0.4 is 9.64 Å². The van der Waals surface area contributed by atoms with Gasteiger partial charge in [0.05, 0.1) is 12.7 Å². The Hall–Kier alpha value is -2.89. The van der Waals surface area contributed by atoms with Crippen LogP contribution in [-0.4, -0.2) is 42.2 Å². The normalized spacial score (nSPS) is 14.6. The second-order valence-electron chi connectivity index (χ2n) is 9.54. The highest BCUT2D eigenvalue weighted by molar-refractivity contribution is 5.47. The number of anilines is 1. The van der Waals surface area contributed by atoms with Crippen LogP contribution in [0.1, 0.15) is 41.7 Å². The standard InChI is InChI=1S/C29H37N3O2/c1-22(2)33-21-27-8-6-10-30-29(27)32-13-11-31(12-14-32)19-25-7-5-9-28(18-25)34-20-26-16-23(3)15-24(4)17-26/h5-10,15-18,22H,11-14,19-21H2,1-4H3. The predicted octanol–water partition coefficient (Wildman–Crippen LogP) is 5.52. The van der Waals surface area contributed by atoms with Gasteiger partial charge in [0.1, 0.15) is 18.2 Å². The van der Waals surface area contributed by atoms with Crippen LogP contribution >= 0.6 is 0 Å². The van der Waals surface area contributed by atoms with E-state index >= 15 is 0 Å². The second kappa shape index (κ2) is 11.5. The molecule has 1 saturated heterocycles. The molecule has 0 spiro atoms. The van der Waals surface area contributed by atoms with Crippen LogP contribution in [0.2, 0.25) is 0 Å². The van der Waals surface area contributed by atoms with Crippen molar-refractivity contribution in [1.29, 1.82) is 0 Å². The van der Waals surface area contributed by atoms with Crippen molar-refractivity contribution in [2.45, 2.75) is 53.6 Å². The van der Waals surface area contributed by atoms with Gasteiger partial charge in [-0.2, -0.15) is 0 Å². The molecule has 5 heteroatoms. The van der Waals surface area contributed by atoms with Gasteiger partial charge in [-0.1, -0.05) is 47.5 Å². The summed E-state index contributed by atoms with van der Waals surface area (Å²) in [5, 5.41) is 0. The smallest absolute Gasteiger partial charge is 0.134 e. The first-order valence-corrected chi connectivity index (χ1v) is 12.3. The van der Waals surface area contributed by atoms with Crippen LogP contribution in [-0.2, 0) is 24.5 Å². The summed E-state index contributed by atoms with van der Waals surface area (Å²) in [5.74, 6) is 1.99. The molecule has 0 amide bonds. The first-order chi connectivity index (χ1) is 16.5. The van der Waals surface area contributed by atoms with Crippen molar-refractivity contribution in [3.05, 3.63) is 88.6 Å². The first-order valence-electron chi connectivity index (χ1n) is 12.3. The molecule has 2 aromatic carbocycles. The van der Waals surface area contributed by atoms with Crippen LogP contribution in [0.4, 0.5) is 5.82 Å². The third-order valence-electron chi connectivity index (χ3n) is 6.10. The molecule has 4 rings (SSSR count). The molecule has 1 fully saturated rings. The Balaban J connectivity index is 1.31. The van der Waals surface area contributed by atoms with E-state index in [1.807, 2.05) is 18.3 Å². The molecule has 0 saturated carbocycles. The number of piperazine rings is 1. The van der Waals surface area contributed by atoms with Crippen LogP contribution in [0.25, 0.3) is 0 Å². The Labute approximate surface area is 204 Å². The van der Waals surface area contributed by atoms with Gasteiger partial charge in [-0.15, -0.1) is 0 Å². The zero-order chi connectivity index (χ0) is 23.9. The van der Waals surface area contributed by atoms with E-state index in [-0.39, 0.29) is 6.10 Å². The number of nitrogens with zero attached hydrogens (tertiary/aromatic N) is 3. The molecule has 0 atom stereocenters. The summed E-state index contributed by atoms with van der Waals surface area (Å²) in [5.41, 5.74) is 6.22. The minimum Gasteiger partial charge on any atom is -0.489 e. The summed E-state index contributed by atoms with van der Waals surface area (Å²) in [7, 11) is 0. The largest absolute Gasteiger partial charge is 0.489 e. The SMILES string of the molecule is Cc1cc(C)cc(COc2cccc(CN3CCN(c4ncccc4COC(C)C)CC3)c2)c1. The fourth-order valence-corrected chi connectivity index (χ4v) is 4.51. The van der Waals surface area contributed by atoms with Crippen molar-refractivity contribution in [1.82, 2.24) is 9.88 Å². The fourth-order valence-electron chi connectivity index (χ4n) is 4.51. The number of aromatic nitrogens is 1. The lowest BCUT2D eigenvalue weighted by Crippen LogP contribution is -2.46. The lowest BCUT2D eigenvalue weighted by molar-refractivity contribution is 0.0657. The topological polar surface area (TPSA) is 37.8 Å².